The van der Waals surface area contributed by atoms with E-state index < -0.39 is 6.04 Å². The first-order valence-electron chi connectivity index (χ1n) is 10.6. The lowest BCUT2D eigenvalue weighted by Crippen LogP contribution is -2.51. The molecule has 3 aromatic rings. The minimum Gasteiger partial charge on any atom is -0.355 e. The van der Waals surface area contributed by atoms with Crippen LogP contribution in [0.15, 0.2) is 94.3 Å². The number of carbonyl (C=O) groups is 2. The van der Waals surface area contributed by atoms with E-state index in [-0.39, 0.29) is 17.6 Å². The molecule has 0 aliphatic rings. The summed E-state index contributed by atoms with van der Waals surface area (Å²) in [5.74, 6) is 0.0679. The van der Waals surface area contributed by atoms with Crippen molar-refractivity contribution >= 4 is 39.5 Å². The van der Waals surface area contributed by atoms with E-state index >= 15 is 0 Å². The molecule has 0 bridgehead atoms. The van der Waals surface area contributed by atoms with Crippen LogP contribution in [0.5, 0.6) is 0 Å². The Bertz CT molecular complexity index is 1010. The maximum atomic E-state index is 13.5. The van der Waals surface area contributed by atoms with Crippen molar-refractivity contribution in [2.45, 2.75) is 30.8 Å². The van der Waals surface area contributed by atoms with Gasteiger partial charge < -0.3 is 10.2 Å². The second-order valence-electron chi connectivity index (χ2n) is 7.35. The highest BCUT2D eigenvalue weighted by Gasteiger charge is 2.30. The molecule has 0 aromatic heterocycles. The van der Waals surface area contributed by atoms with Gasteiger partial charge in [-0.2, -0.15) is 0 Å². The van der Waals surface area contributed by atoms with Gasteiger partial charge in [-0.1, -0.05) is 76.6 Å². The molecular weight excluding hydrogens is 484 g/mol. The molecule has 2 amide bonds. The largest absolute Gasteiger partial charge is 0.355 e. The number of nitrogens with zero attached hydrogens (tertiary/aromatic N) is 1. The number of halogens is 1. The van der Waals surface area contributed by atoms with Crippen molar-refractivity contribution in [3.8, 4) is 0 Å². The van der Waals surface area contributed by atoms with Crippen LogP contribution in [-0.4, -0.2) is 35.1 Å². The van der Waals surface area contributed by atoms with E-state index in [1.807, 2.05) is 91.9 Å². The first-order chi connectivity index (χ1) is 15.6. The van der Waals surface area contributed by atoms with Gasteiger partial charge in [0.05, 0.1) is 5.75 Å². The highest BCUT2D eigenvalue weighted by Crippen LogP contribution is 2.22. The van der Waals surface area contributed by atoms with Crippen molar-refractivity contribution in [3.63, 3.8) is 0 Å². The molecule has 4 nitrogen and oxygen atoms in total. The van der Waals surface area contributed by atoms with Gasteiger partial charge in [0.2, 0.25) is 11.8 Å². The Morgan fingerprint density at radius 1 is 0.938 bits per heavy atom. The zero-order valence-electron chi connectivity index (χ0n) is 18.0. The van der Waals surface area contributed by atoms with Crippen LogP contribution in [0, 0.1) is 0 Å². The van der Waals surface area contributed by atoms with E-state index in [1.54, 1.807) is 4.90 Å². The zero-order valence-corrected chi connectivity index (χ0v) is 20.4. The summed E-state index contributed by atoms with van der Waals surface area (Å²) >= 11 is 5.00. The second kappa shape index (κ2) is 12.5. The molecule has 32 heavy (non-hydrogen) atoms. The Balaban J connectivity index is 1.88. The lowest BCUT2D eigenvalue weighted by molar-refractivity contribution is -0.139. The maximum Gasteiger partial charge on any atom is 0.243 e. The van der Waals surface area contributed by atoms with Crippen LogP contribution in [0.4, 0.5) is 0 Å². The number of thioether (sulfide) groups is 1. The molecular formula is C26H27BrN2O2S. The Hall–Kier alpha value is -2.57. The molecule has 0 saturated carbocycles. The Labute approximate surface area is 202 Å². The third-order valence-corrected chi connectivity index (χ3v) is 6.46. The Morgan fingerprint density at radius 2 is 1.59 bits per heavy atom. The van der Waals surface area contributed by atoms with Crippen LogP contribution in [0.25, 0.3) is 0 Å². The Kier molecular flexibility index (Phi) is 9.38. The molecule has 6 heteroatoms. The summed E-state index contributed by atoms with van der Waals surface area (Å²) < 4.78 is 0.943. The van der Waals surface area contributed by atoms with Crippen LogP contribution in [0.3, 0.4) is 0 Å². The van der Waals surface area contributed by atoms with Crippen LogP contribution in [-0.2, 0) is 22.6 Å². The van der Waals surface area contributed by atoms with E-state index in [0.717, 1.165) is 20.5 Å². The lowest BCUT2D eigenvalue weighted by atomic mass is 10.0. The normalized spacial score (nSPS) is 11.6. The van der Waals surface area contributed by atoms with Crippen molar-refractivity contribution in [1.29, 1.82) is 0 Å². The predicted octanol–water partition coefficient (Wildman–Crippen LogP) is 5.32. The van der Waals surface area contributed by atoms with Gasteiger partial charge in [0.25, 0.3) is 0 Å². The van der Waals surface area contributed by atoms with Crippen molar-refractivity contribution in [1.82, 2.24) is 10.2 Å². The van der Waals surface area contributed by atoms with Gasteiger partial charge in [0, 0.05) is 28.9 Å². The molecule has 1 N–H and O–H groups in total. The molecule has 0 unspecified atom stereocenters. The molecule has 0 spiro atoms. The number of carbonyl (C=O) groups excluding carboxylic acids is 2. The van der Waals surface area contributed by atoms with E-state index in [9.17, 15) is 9.59 Å². The summed E-state index contributed by atoms with van der Waals surface area (Å²) in [5.41, 5.74) is 1.99. The minimum atomic E-state index is -0.597. The SMILES string of the molecule is CCNC(=O)[C@H](Cc1ccccc1)N(Cc1cccc(Br)c1)C(=O)CSc1ccccc1. The van der Waals surface area contributed by atoms with Crippen molar-refractivity contribution in [2.24, 2.45) is 0 Å². The van der Waals surface area contributed by atoms with Gasteiger partial charge in [-0.3, -0.25) is 9.59 Å². The number of rotatable bonds is 10. The average Bonchev–Trinajstić information content (AvgIpc) is 2.81. The van der Waals surface area contributed by atoms with Gasteiger partial charge in [-0.25, -0.2) is 0 Å². The summed E-state index contributed by atoms with van der Waals surface area (Å²) in [5, 5.41) is 2.92. The molecule has 166 valence electrons. The topological polar surface area (TPSA) is 49.4 Å². The lowest BCUT2D eigenvalue weighted by Gasteiger charge is -2.31. The number of benzene rings is 3. The van der Waals surface area contributed by atoms with E-state index in [4.69, 9.17) is 0 Å². The number of hydrogen-bond acceptors (Lipinski definition) is 3. The zero-order chi connectivity index (χ0) is 22.8. The first kappa shape index (κ1) is 24.1. The summed E-state index contributed by atoms with van der Waals surface area (Å²) in [7, 11) is 0. The quantitative estimate of drug-likeness (QED) is 0.375. The number of amides is 2. The molecule has 0 aliphatic carbocycles. The highest BCUT2D eigenvalue weighted by molar-refractivity contribution is 9.10. The smallest absolute Gasteiger partial charge is 0.243 e. The van der Waals surface area contributed by atoms with Gasteiger partial charge in [0.1, 0.15) is 6.04 Å². The summed E-state index contributed by atoms with van der Waals surface area (Å²) in [6.07, 6.45) is 0.461. The average molecular weight is 511 g/mol. The van der Waals surface area contributed by atoms with E-state index in [0.29, 0.717) is 19.5 Å². The summed E-state index contributed by atoms with van der Waals surface area (Å²) in [4.78, 5) is 29.3. The molecule has 0 saturated heterocycles. The van der Waals surface area contributed by atoms with E-state index in [1.165, 1.54) is 11.8 Å². The second-order valence-corrected chi connectivity index (χ2v) is 9.32. The van der Waals surface area contributed by atoms with Crippen LogP contribution in [0.2, 0.25) is 0 Å². The van der Waals surface area contributed by atoms with Gasteiger partial charge in [0.15, 0.2) is 0 Å². The van der Waals surface area contributed by atoms with Gasteiger partial charge >= 0.3 is 0 Å². The molecule has 0 radical (unpaired) electrons. The van der Waals surface area contributed by atoms with Crippen molar-refractivity contribution < 1.29 is 9.59 Å². The third kappa shape index (κ3) is 7.24. The monoisotopic (exact) mass is 510 g/mol. The van der Waals surface area contributed by atoms with Crippen molar-refractivity contribution in [3.05, 3.63) is 101 Å². The van der Waals surface area contributed by atoms with Crippen molar-refractivity contribution in [2.75, 3.05) is 12.3 Å². The predicted molar refractivity (Wildman–Crippen MR) is 134 cm³/mol. The molecule has 3 rings (SSSR count). The standard InChI is InChI=1S/C26H27BrN2O2S/c1-2-28-26(31)24(17-20-10-5-3-6-11-20)29(18-21-12-9-13-22(27)16-21)25(30)19-32-23-14-7-4-8-15-23/h3-16,24H,2,17-19H2,1H3,(H,28,31)/t24-/m0/s1. The first-order valence-corrected chi connectivity index (χ1v) is 12.4. The molecule has 0 fully saturated rings. The molecule has 1 atom stereocenters. The number of hydrogen-bond donors (Lipinski definition) is 1. The molecule has 3 aromatic carbocycles. The van der Waals surface area contributed by atoms with Gasteiger partial charge in [-0.15, -0.1) is 11.8 Å². The van der Waals surface area contributed by atoms with Crippen LogP contribution in [0.1, 0.15) is 18.1 Å². The fourth-order valence-electron chi connectivity index (χ4n) is 3.42. The number of likely N-dealkylation sites (N-methyl/N-ethyl adjacent to an activating group) is 1. The summed E-state index contributed by atoms with van der Waals surface area (Å²) in [6.45, 7) is 2.77. The highest BCUT2D eigenvalue weighted by atomic mass is 79.9. The molecule has 0 heterocycles. The van der Waals surface area contributed by atoms with E-state index in [2.05, 4.69) is 21.2 Å². The van der Waals surface area contributed by atoms with Crippen LogP contribution >= 0.6 is 27.7 Å². The summed E-state index contributed by atoms with van der Waals surface area (Å²) in [6, 6.07) is 27.0. The van der Waals surface area contributed by atoms with Crippen LogP contribution < -0.4 is 5.32 Å². The third-order valence-electron chi connectivity index (χ3n) is 4.97. The molecule has 0 aliphatic heterocycles. The fraction of sp³-hybridized carbons (Fsp3) is 0.231. The maximum absolute atomic E-state index is 13.5. The fourth-order valence-corrected chi connectivity index (χ4v) is 4.67. The number of nitrogens with one attached hydrogen (secondary N) is 1. The van der Waals surface area contributed by atoms with Gasteiger partial charge in [-0.05, 0) is 42.3 Å². The Morgan fingerprint density at radius 3 is 2.25 bits per heavy atom. The minimum absolute atomic E-state index is 0.0639.